The molecule has 2 aromatic rings. The molecule has 0 aromatic carbocycles. The van der Waals surface area contributed by atoms with Crippen molar-refractivity contribution in [3.05, 3.63) is 17.6 Å². The number of likely N-dealkylation sites (N-methyl/N-ethyl adjacent to an activating group) is 1. The van der Waals surface area contributed by atoms with E-state index in [0.29, 0.717) is 5.89 Å². The lowest BCUT2D eigenvalue weighted by Gasteiger charge is -2.30. The van der Waals surface area contributed by atoms with Crippen LogP contribution in [-0.4, -0.2) is 51.5 Å². The van der Waals surface area contributed by atoms with Gasteiger partial charge in [0.05, 0.1) is 11.7 Å². The van der Waals surface area contributed by atoms with Crippen LogP contribution in [0.15, 0.2) is 10.6 Å². The van der Waals surface area contributed by atoms with Gasteiger partial charge in [-0.1, -0.05) is 5.16 Å². The molecule has 1 fully saturated rings. The molecule has 0 aliphatic carbocycles. The number of halogens is 1. The van der Waals surface area contributed by atoms with Gasteiger partial charge in [-0.25, -0.2) is 0 Å². The van der Waals surface area contributed by atoms with Crippen LogP contribution in [0.2, 0.25) is 0 Å². The fraction of sp³-hybridized carbons (Fsp3) is 0.583. The molecule has 1 saturated heterocycles. The van der Waals surface area contributed by atoms with Crippen LogP contribution in [0, 0.1) is 6.92 Å². The quantitative estimate of drug-likeness (QED) is 0.883. The molecular formula is C12H19ClN6O. The summed E-state index contributed by atoms with van der Waals surface area (Å²) in [7, 11) is 3.95. The van der Waals surface area contributed by atoms with Crippen LogP contribution >= 0.6 is 12.4 Å². The Morgan fingerprint density at radius 3 is 2.85 bits per heavy atom. The lowest BCUT2D eigenvalue weighted by Crippen LogP contribution is -2.44. The van der Waals surface area contributed by atoms with Gasteiger partial charge in [0.1, 0.15) is 5.69 Å². The Balaban J connectivity index is 0.00000147. The van der Waals surface area contributed by atoms with Gasteiger partial charge < -0.3 is 9.84 Å². The summed E-state index contributed by atoms with van der Waals surface area (Å²) in [6.45, 7) is 4.78. The summed E-state index contributed by atoms with van der Waals surface area (Å²) in [5.41, 5.74) is 1.79. The second-order valence-corrected chi connectivity index (χ2v) is 4.95. The third-order valence-corrected chi connectivity index (χ3v) is 3.47. The Labute approximate surface area is 123 Å². The number of hydrogen-bond donors (Lipinski definition) is 1. The van der Waals surface area contributed by atoms with Gasteiger partial charge in [0.25, 0.3) is 5.89 Å². The molecule has 1 aliphatic rings. The highest BCUT2D eigenvalue weighted by atomic mass is 35.5. The predicted octanol–water partition coefficient (Wildman–Crippen LogP) is 0.776. The van der Waals surface area contributed by atoms with Crippen LogP contribution in [0.4, 0.5) is 0 Å². The van der Waals surface area contributed by atoms with Crippen molar-refractivity contribution in [3.8, 4) is 11.6 Å². The van der Waals surface area contributed by atoms with Crippen molar-refractivity contribution in [3.63, 3.8) is 0 Å². The molecule has 0 radical (unpaired) electrons. The molecule has 20 heavy (non-hydrogen) atoms. The third kappa shape index (κ3) is 2.70. The van der Waals surface area contributed by atoms with Crippen LogP contribution in [0.3, 0.4) is 0 Å². The Morgan fingerprint density at radius 1 is 1.40 bits per heavy atom. The minimum Gasteiger partial charge on any atom is -0.332 e. The fourth-order valence-electron chi connectivity index (χ4n) is 2.38. The first-order valence-corrected chi connectivity index (χ1v) is 6.40. The van der Waals surface area contributed by atoms with Gasteiger partial charge in [-0.3, -0.25) is 9.58 Å². The minimum absolute atomic E-state index is 0. The number of rotatable bonds is 2. The van der Waals surface area contributed by atoms with E-state index in [1.54, 1.807) is 4.68 Å². The summed E-state index contributed by atoms with van der Waals surface area (Å²) in [6, 6.07) is 2.11. The van der Waals surface area contributed by atoms with Crippen LogP contribution in [0.25, 0.3) is 11.6 Å². The van der Waals surface area contributed by atoms with Crippen molar-refractivity contribution < 1.29 is 4.52 Å². The van der Waals surface area contributed by atoms with E-state index in [1.807, 2.05) is 20.0 Å². The smallest absolute Gasteiger partial charge is 0.276 e. The van der Waals surface area contributed by atoms with E-state index in [2.05, 4.69) is 32.5 Å². The molecule has 3 rings (SSSR count). The van der Waals surface area contributed by atoms with E-state index in [1.165, 1.54) is 0 Å². The van der Waals surface area contributed by atoms with Crippen molar-refractivity contribution in [2.75, 3.05) is 26.7 Å². The maximum Gasteiger partial charge on any atom is 0.276 e. The average molecular weight is 299 g/mol. The molecule has 0 amide bonds. The summed E-state index contributed by atoms with van der Waals surface area (Å²) in [5.74, 6) is 1.25. The Bertz CT molecular complexity index is 580. The van der Waals surface area contributed by atoms with Crippen LogP contribution in [0.5, 0.6) is 0 Å². The summed E-state index contributed by atoms with van der Waals surface area (Å²) < 4.78 is 7.13. The SMILES string of the molecule is Cc1cc(-c2nc(C3CNCCN3C)no2)n(C)n1.Cl. The molecule has 0 spiro atoms. The van der Waals surface area contributed by atoms with Gasteiger partial charge in [0.2, 0.25) is 0 Å². The second kappa shape index (κ2) is 5.90. The molecule has 110 valence electrons. The van der Waals surface area contributed by atoms with Gasteiger partial charge in [-0.05, 0) is 20.0 Å². The van der Waals surface area contributed by atoms with E-state index >= 15 is 0 Å². The van der Waals surface area contributed by atoms with Crippen molar-refractivity contribution in [1.82, 2.24) is 30.1 Å². The van der Waals surface area contributed by atoms with E-state index in [9.17, 15) is 0 Å². The standard InChI is InChI=1S/C12H18N6O.ClH/c1-8-6-9(18(3)15-8)12-14-11(16-19-12)10-7-13-4-5-17(10)2;/h6,10,13H,4-5,7H2,1-3H3;1H. The highest BCUT2D eigenvalue weighted by Gasteiger charge is 2.26. The van der Waals surface area contributed by atoms with Gasteiger partial charge in [0, 0.05) is 26.7 Å². The van der Waals surface area contributed by atoms with E-state index in [4.69, 9.17) is 4.52 Å². The first-order chi connectivity index (χ1) is 9.15. The molecule has 0 bridgehead atoms. The van der Waals surface area contributed by atoms with Crippen LogP contribution in [-0.2, 0) is 7.05 Å². The molecule has 1 N–H and O–H groups in total. The maximum absolute atomic E-state index is 5.37. The zero-order valence-corrected chi connectivity index (χ0v) is 12.6. The number of aryl methyl sites for hydroxylation is 2. The lowest BCUT2D eigenvalue weighted by molar-refractivity contribution is 0.190. The predicted molar refractivity (Wildman–Crippen MR) is 76.7 cm³/mol. The van der Waals surface area contributed by atoms with Crippen molar-refractivity contribution in [1.29, 1.82) is 0 Å². The maximum atomic E-state index is 5.37. The highest BCUT2D eigenvalue weighted by Crippen LogP contribution is 2.22. The van der Waals surface area contributed by atoms with E-state index < -0.39 is 0 Å². The topological polar surface area (TPSA) is 72.0 Å². The molecule has 3 heterocycles. The molecule has 0 saturated carbocycles. The molecular weight excluding hydrogens is 280 g/mol. The van der Waals surface area contributed by atoms with Crippen LogP contribution < -0.4 is 5.32 Å². The van der Waals surface area contributed by atoms with Gasteiger partial charge in [0.15, 0.2) is 5.82 Å². The number of nitrogens with zero attached hydrogens (tertiary/aromatic N) is 5. The minimum atomic E-state index is 0. The van der Waals surface area contributed by atoms with Gasteiger partial charge in [-0.2, -0.15) is 10.1 Å². The molecule has 7 nitrogen and oxygen atoms in total. The lowest BCUT2D eigenvalue weighted by atomic mass is 10.2. The number of aromatic nitrogens is 4. The molecule has 8 heteroatoms. The first-order valence-electron chi connectivity index (χ1n) is 6.40. The zero-order chi connectivity index (χ0) is 13.4. The molecule has 2 aromatic heterocycles. The molecule has 1 aliphatic heterocycles. The Hall–Kier alpha value is -1.44. The number of piperazine rings is 1. The summed E-state index contributed by atoms with van der Waals surface area (Å²) in [4.78, 5) is 6.74. The largest absolute Gasteiger partial charge is 0.332 e. The summed E-state index contributed by atoms with van der Waals surface area (Å²) in [6.07, 6.45) is 0. The van der Waals surface area contributed by atoms with Gasteiger partial charge in [-0.15, -0.1) is 12.4 Å². The van der Waals surface area contributed by atoms with Crippen molar-refractivity contribution in [2.24, 2.45) is 7.05 Å². The summed E-state index contributed by atoms with van der Waals surface area (Å²) >= 11 is 0. The van der Waals surface area contributed by atoms with Crippen molar-refractivity contribution >= 4 is 12.4 Å². The number of hydrogen-bond acceptors (Lipinski definition) is 6. The molecule has 1 unspecified atom stereocenters. The van der Waals surface area contributed by atoms with Crippen LogP contribution in [0.1, 0.15) is 17.6 Å². The normalized spacial score (nSPS) is 19.9. The van der Waals surface area contributed by atoms with Crippen molar-refractivity contribution in [2.45, 2.75) is 13.0 Å². The van der Waals surface area contributed by atoms with E-state index in [-0.39, 0.29) is 18.4 Å². The fourth-order valence-corrected chi connectivity index (χ4v) is 2.38. The monoisotopic (exact) mass is 298 g/mol. The number of nitrogens with one attached hydrogen (secondary N) is 1. The highest BCUT2D eigenvalue weighted by molar-refractivity contribution is 5.85. The van der Waals surface area contributed by atoms with Gasteiger partial charge >= 0.3 is 0 Å². The summed E-state index contributed by atoms with van der Waals surface area (Å²) in [5, 5.41) is 11.7. The zero-order valence-electron chi connectivity index (χ0n) is 11.8. The Kier molecular flexibility index (Phi) is 4.42. The second-order valence-electron chi connectivity index (χ2n) is 4.95. The molecule has 1 atom stereocenters. The Morgan fingerprint density at radius 2 is 2.20 bits per heavy atom. The first kappa shape index (κ1) is 15.0. The van der Waals surface area contributed by atoms with E-state index in [0.717, 1.165) is 36.8 Å². The third-order valence-electron chi connectivity index (χ3n) is 3.47. The average Bonchev–Trinajstić information content (AvgIpc) is 2.96.